The number of ketones is 1. The van der Waals surface area contributed by atoms with E-state index in [4.69, 9.17) is 0 Å². The van der Waals surface area contributed by atoms with Crippen LogP contribution in [0.2, 0.25) is 0 Å². The van der Waals surface area contributed by atoms with Crippen LogP contribution in [0.3, 0.4) is 0 Å². The average molecular weight is 194 g/mol. The Morgan fingerprint density at radius 2 is 1.79 bits per heavy atom. The summed E-state index contributed by atoms with van der Waals surface area (Å²) in [6.07, 6.45) is 3.72. The molecular weight excluding hydrogens is 172 g/mol. The zero-order chi connectivity index (χ0) is 11.1. The van der Waals surface area contributed by atoms with Crippen LogP contribution in [-0.2, 0) is 4.79 Å². The summed E-state index contributed by atoms with van der Waals surface area (Å²) < 4.78 is 0. The molecule has 1 heteroatoms. The SMILES string of the molecule is C=C(C)/C(C)=C(/CCCC)C(=O)CC. The Morgan fingerprint density at radius 3 is 2.14 bits per heavy atom. The lowest BCUT2D eigenvalue weighted by molar-refractivity contribution is -0.115. The van der Waals surface area contributed by atoms with Crippen molar-refractivity contribution in [2.24, 2.45) is 0 Å². The molecular formula is C13H22O. The second kappa shape index (κ2) is 6.58. The molecule has 0 saturated heterocycles. The lowest BCUT2D eigenvalue weighted by atomic mass is 9.95. The molecule has 0 aliphatic rings. The first kappa shape index (κ1) is 13.2. The van der Waals surface area contributed by atoms with E-state index in [-0.39, 0.29) is 5.78 Å². The summed E-state index contributed by atoms with van der Waals surface area (Å²) in [7, 11) is 0. The third kappa shape index (κ3) is 3.91. The Labute approximate surface area is 87.9 Å². The molecule has 0 heterocycles. The first-order chi connectivity index (χ1) is 6.54. The molecule has 0 aromatic rings. The molecule has 0 rings (SSSR count). The van der Waals surface area contributed by atoms with E-state index >= 15 is 0 Å². The minimum atomic E-state index is 0.277. The van der Waals surface area contributed by atoms with Crippen molar-refractivity contribution in [3.8, 4) is 0 Å². The zero-order valence-corrected chi connectivity index (χ0v) is 9.94. The predicted molar refractivity (Wildman–Crippen MR) is 62.3 cm³/mol. The van der Waals surface area contributed by atoms with Gasteiger partial charge in [0.2, 0.25) is 0 Å². The van der Waals surface area contributed by atoms with Crippen molar-refractivity contribution in [1.82, 2.24) is 0 Å². The topological polar surface area (TPSA) is 17.1 Å². The highest BCUT2D eigenvalue weighted by molar-refractivity contribution is 5.96. The van der Waals surface area contributed by atoms with Crippen LogP contribution in [0.25, 0.3) is 0 Å². The number of hydrogen-bond acceptors (Lipinski definition) is 1. The molecule has 0 N–H and O–H groups in total. The van der Waals surface area contributed by atoms with E-state index in [9.17, 15) is 4.79 Å². The molecule has 1 nitrogen and oxygen atoms in total. The number of carbonyl (C=O) groups excluding carboxylic acids is 1. The van der Waals surface area contributed by atoms with Crippen molar-refractivity contribution in [3.05, 3.63) is 23.3 Å². The van der Waals surface area contributed by atoms with Gasteiger partial charge in [0.1, 0.15) is 0 Å². The standard InChI is InChI=1S/C13H22O/c1-6-8-9-12(13(14)7-2)11(5)10(3)4/h3,6-9H2,1-2,4-5H3/b12-11-. The molecule has 0 aliphatic carbocycles. The molecule has 0 aromatic carbocycles. The first-order valence-electron chi connectivity index (χ1n) is 5.43. The summed E-state index contributed by atoms with van der Waals surface area (Å²) in [5.74, 6) is 0.277. The van der Waals surface area contributed by atoms with Crippen molar-refractivity contribution < 1.29 is 4.79 Å². The summed E-state index contributed by atoms with van der Waals surface area (Å²) in [5.41, 5.74) is 3.09. The normalized spacial score (nSPS) is 12.3. The third-order valence-electron chi connectivity index (χ3n) is 2.53. The van der Waals surface area contributed by atoms with Crippen molar-refractivity contribution in [2.45, 2.75) is 53.4 Å². The Hall–Kier alpha value is -0.850. The quantitative estimate of drug-likeness (QED) is 0.460. The van der Waals surface area contributed by atoms with Gasteiger partial charge in [-0.2, -0.15) is 0 Å². The fraction of sp³-hybridized carbons (Fsp3) is 0.615. The summed E-state index contributed by atoms with van der Waals surface area (Å²) in [6.45, 7) is 11.9. The number of hydrogen-bond donors (Lipinski definition) is 0. The number of allylic oxidation sites excluding steroid dienone is 3. The highest BCUT2D eigenvalue weighted by atomic mass is 16.1. The van der Waals surface area contributed by atoms with Crippen LogP contribution in [-0.4, -0.2) is 5.78 Å². The maximum Gasteiger partial charge on any atom is 0.158 e. The van der Waals surface area contributed by atoms with E-state index in [1.807, 2.05) is 20.8 Å². The van der Waals surface area contributed by atoms with E-state index in [1.54, 1.807) is 0 Å². The fourth-order valence-electron chi connectivity index (χ4n) is 1.36. The molecule has 0 fully saturated rings. The van der Waals surface area contributed by atoms with Crippen molar-refractivity contribution in [1.29, 1.82) is 0 Å². The molecule has 0 atom stereocenters. The van der Waals surface area contributed by atoms with Crippen LogP contribution in [0.15, 0.2) is 23.3 Å². The van der Waals surface area contributed by atoms with E-state index in [0.29, 0.717) is 6.42 Å². The van der Waals surface area contributed by atoms with Gasteiger partial charge < -0.3 is 0 Å². The summed E-state index contributed by atoms with van der Waals surface area (Å²) in [4.78, 5) is 11.7. The minimum Gasteiger partial charge on any atom is -0.295 e. The molecule has 0 bridgehead atoms. The maximum absolute atomic E-state index is 11.7. The Bertz CT molecular complexity index is 246. The third-order valence-corrected chi connectivity index (χ3v) is 2.53. The Morgan fingerprint density at radius 1 is 1.21 bits per heavy atom. The average Bonchev–Trinajstić information content (AvgIpc) is 2.17. The van der Waals surface area contributed by atoms with Gasteiger partial charge in [0, 0.05) is 6.42 Å². The minimum absolute atomic E-state index is 0.277. The van der Waals surface area contributed by atoms with Crippen LogP contribution in [0.1, 0.15) is 53.4 Å². The lowest BCUT2D eigenvalue weighted by Gasteiger charge is -2.10. The van der Waals surface area contributed by atoms with Crippen LogP contribution in [0, 0.1) is 0 Å². The van der Waals surface area contributed by atoms with Gasteiger partial charge in [-0.15, -0.1) is 0 Å². The lowest BCUT2D eigenvalue weighted by Crippen LogP contribution is -2.04. The van der Waals surface area contributed by atoms with Gasteiger partial charge in [-0.1, -0.05) is 32.4 Å². The molecule has 0 radical (unpaired) electrons. The zero-order valence-electron chi connectivity index (χ0n) is 9.94. The van der Waals surface area contributed by atoms with E-state index in [2.05, 4.69) is 13.5 Å². The summed E-state index contributed by atoms with van der Waals surface area (Å²) >= 11 is 0. The van der Waals surface area contributed by atoms with E-state index in [0.717, 1.165) is 36.0 Å². The summed E-state index contributed by atoms with van der Waals surface area (Å²) in [6, 6.07) is 0. The number of Topliss-reactive ketones (excluding diaryl/α,β-unsaturated/α-hetero) is 1. The number of carbonyl (C=O) groups is 1. The highest BCUT2D eigenvalue weighted by Crippen LogP contribution is 2.19. The van der Waals surface area contributed by atoms with Gasteiger partial charge in [-0.05, 0) is 37.8 Å². The largest absolute Gasteiger partial charge is 0.295 e. The van der Waals surface area contributed by atoms with Crippen molar-refractivity contribution in [3.63, 3.8) is 0 Å². The molecule has 14 heavy (non-hydrogen) atoms. The number of rotatable bonds is 6. The highest BCUT2D eigenvalue weighted by Gasteiger charge is 2.10. The molecule has 0 spiro atoms. The van der Waals surface area contributed by atoms with Gasteiger partial charge in [-0.25, -0.2) is 0 Å². The molecule has 0 aromatic heterocycles. The molecule has 80 valence electrons. The maximum atomic E-state index is 11.7. The van der Waals surface area contributed by atoms with Crippen LogP contribution in [0.5, 0.6) is 0 Å². The van der Waals surface area contributed by atoms with E-state index in [1.165, 1.54) is 0 Å². The second-order valence-corrected chi connectivity index (χ2v) is 3.76. The van der Waals surface area contributed by atoms with Gasteiger partial charge in [0.25, 0.3) is 0 Å². The van der Waals surface area contributed by atoms with Crippen LogP contribution >= 0.6 is 0 Å². The molecule has 0 aliphatic heterocycles. The monoisotopic (exact) mass is 194 g/mol. The molecule has 0 saturated carbocycles. The first-order valence-corrected chi connectivity index (χ1v) is 5.43. The molecule has 0 amide bonds. The van der Waals surface area contributed by atoms with Crippen molar-refractivity contribution >= 4 is 5.78 Å². The molecule has 0 unspecified atom stereocenters. The van der Waals surface area contributed by atoms with Crippen molar-refractivity contribution in [2.75, 3.05) is 0 Å². The fourth-order valence-corrected chi connectivity index (χ4v) is 1.36. The van der Waals surface area contributed by atoms with Gasteiger partial charge in [-0.3, -0.25) is 4.79 Å². The predicted octanol–water partition coefficient (Wildman–Crippen LogP) is 4.05. The van der Waals surface area contributed by atoms with Crippen LogP contribution < -0.4 is 0 Å². The van der Waals surface area contributed by atoms with Gasteiger partial charge >= 0.3 is 0 Å². The smallest absolute Gasteiger partial charge is 0.158 e. The van der Waals surface area contributed by atoms with E-state index < -0.39 is 0 Å². The Balaban J connectivity index is 4.79. The van der Waals surface area contributed by atoms with Crippen LogP contribution in [0.4, 0.5) is 0 Å². The second-order valence-electron chi connectivity index (χ2n) is 3.76. The Kier molecular flexibility index (Phi) is 6.18. The number of unbranched alkanes of at least 4 members (excludes halogenated alkanes) is 1. The van der Waals surface area contributed by atoms with Gasteiger partial charge in [0.05, 0.1) is 0 Å². The summed E-state index contributed by atoms with van der Waals surface area (Å²) in [5, 5.41) is 0. The van der Waals surface area contributed by atoms with Gasteiger partial charge in [0.15, 0.2) is 5.78 Å².